The number of hydrogen-bond donors (Lipinski definition) is 3. The summed E-state index contributed by atoms with van der Waals surface area (Å²) in [5.74, 6) is 0. The Kier molecular flexibility index (Phi) is 30.5. The fourth-order valence-electron chi connectivity index (χ4n) is 2.80. The van der Waals surface area contributed by atoms with Gasteiger partial charge in [-0.1, -0.05) is 30.3 Å². The summed E-state index contributed by atoms with van der Waals surface area (Å²) in [6.45, 7) is 0. The summed E-state index contributed by atoms with van der Waals surface area (Å²) < 4.78 is 0. The molecule has 7 heteroatoms. The van der Waals surface area contributed by atoms with Gasteiger partial charge in [-0.25, -0.2) is 0 Å². The molecule has 0 fully saturated rings. The molecule has 224 valence electrons. The van der Waals surface area contributed by atoms with Crippen molar-refractivity contribution in [3.05, 3.63) is 176 Å². The maximum atomic E-state index is 7.00. The van der Waals surface area contributed by atoms with Crippen LogP contribution in [0, 0.1) is 18.2 Å². The van der Waals surface area contributed by atoms with Gasteiger partial charge < -0.3 is 25.3 Å². The molecule has 43 heavy (non-hydrogen) atoms. The summed E-state index contributed by atoms with van der Waals surface area (Å²) in [4.78, 5) is 12.2. The third-order valence-electron chi connectivity index (χ3n) is 4.47. The van der Waals surface area contributed by atoms with Crippen molar-refractivity contribution >= 4 is 0 Å². The van der Waals surface area contributed by atoms with Crippen LogP contribution >= 0.6 is 0 Å². The number of aliphatic hydroxyl groups is 3. The van der Waals surface area contributed by atoms with Crippen molar-refractivity contribution in [1.82, 2.24) is 15.0 Å². The monoisotopic (exact) mass is 753 g/mol. The van der Waals surface area contributed by atoms with E-state index in [0.29, 0.717) is 0 Å². The Labute approximate surface area is 269 Å². The van der Waals surface area contributed by atoms with Crippen molar-refractivity contribution < 1.29 is 35.4 Å². The molecule has 0 atom stereocenters. The van der Waals surface area contributed by atoms with Crippen LogP contribution in [0.1, 0.15) is 0 Å². The Morgan fingerprint density at radius 2 is 0.791 bits per heavy atom. The first-order valence-electron chi connectivity index (χ1n) is 12.8. The number of aliphatic hydroxyl groups excluding tert-OH is 3. The zero-order valence-corrected chi connectivity index (χ0v) is 26.9. The number of rotatable bonds is 2. The molecule has 3 aromatic heterocycles. The van der Waals surface area contributed by atoms with Gasteiger partial charge >= 0.3 is 20.1 Å². The molecule has 0 amide bonds. The topological polar surface area (TPSA) is 99.4 Å². The van der Waals surface area contributed by atoms with E-state index in [0.717, 1.165) is 43.8 Å². The molecule has 6 nitrogen and oxygen atoms in total. The molecule has 0 saturated carbocycles. The zero-order chi connectivity index (χ0) is 30.9. The summed E-state index contributed by atoms with van der Waals surface area (Å²) in [7, 11) is 3.00. The van der Waals surface area contributed by atoms with Crippen molar-refractivity contribution in [2.75, 3.05) is 21.3 Å². The van der Waals surface area contributed by atoms with E-state index >= 15 is 0 Å². The van der Waals surface area contributed by atoms with E-state index in [1.165, 1.54) is 0 Å². The third-order valence-corrected chi connectivity index (χ3v) is 4.47. The molecule has 6 aromatic rings. The summed E-state index contributed by atoms with van der Waals surface area (Å²) in [6.07, 6.45) is 7.08. The van der Waals surface area contributed by atoms with Gasteiger partial charge in [0.25, 0.3) is 0 Å². The van der Waals surface area contributed by atoms with Crippen LogP contribution in [0.2, 0.25) is 0 Å². The first-order chi connectivity index (χ1) is 20.9. The van der Waals surface area contributed by atoms with Crippen molar-refractivity contribution in [2.45, 2.75) is 0 Å². The summed E-state index contributed by atoms with van der Waals surface area (Å²) in [6, 6.07) is 51.8. The van der Waals surface area contributed by atoms with Crippen molar-refractivity contribution in [1.29, 1.82) is 0 Å². The second-order valence-corrected chi connectivity index (χ2v) is 7.08. The van der Waals surface area contributed by atoms with Crippen LogP contribution < -0.4 is 0 Å². The van der Waals surface area contributed by atoms with E-state index in [1.54, 1.807) is 24.8 Å². The van der Waals surface area contributed by atoms with Gasteiger partial charge in [-0.15, -0.1) is 71.8 Å². The Hall–Kier alpha value is -4.36. The molecule has 0 saturated heterocycles. The predicted octanol–water partition coefficient (Wildman–Crippen LogP) is 6.49. The Bertz CT molecular complexity index is 1070. The van der Waals surface area contributed by atoms with E-state index in [1.807, 2.05) is 133 Å². The number of nitrogens with zero attached hydrogens (tertiary/aromatic N) is 3. The van der Waals surface area contributed by atoms with Crippen LogP contribution in [-0.4, -0.2) is 51.6 Å². The van der Waals surface area contributed by atoms with Gasteiger partial charge in [0.1, 0.15) is 0 Å². The zero-order valence-electron chi connectivity index (χ0n) is 24.5. The van der Waals surface area contributed by atoms with Gasteiger partial charge in [0.15, 0.2) is 0 Å². The molecule has 6 rings (SSSR count). The van der Waals surface area contributed by atoms with Crippen LogP contribution in [0.3, 0.4) is 0 Å². The van der Waals surface area contributed by atoms with Gasteiger partial charge in [0, 0.05) is 46.1 Å². The largest absolute Gasteiger partial charge is 3.00 e. The van der Waals surface area contributed by atoms with E-state index < -0.39 is 0 Å². The average Bonchev–Trinajstić information content (AvgIpc) is 3.15. The summed E-state index contributed by atoms with van der Waals surface area (Å²) in [5.41, 5.74) is 4.02. The van der Waals surface area contributed by atoms with Gasteiger partial charge in [-0.05, 0) is 35.7 Å². The quantitative estimate of drug-likeness (QED) is 0.175. The molecule has 0 aliphatic carbocycles. The van der Waals surface area contributed by atoms with Crippen molar-refractivity contribution in [3.8, 4) is 22.5 Å². The van der Waals surface area contributed by atoms with Crippen molar-refractivity contribution in [2.24, 2.45) is 0 Å². The minimum atomic E-state index is 0. The molecule has 3 heterocycles. The first kappa shape index (κ1) is 40.8. The normalized spacial score (nSPS) is 8.05. The first-order valence-corrected chi connectivity index (χ1v) is 12.8. The number of benzene rings is 3. The minimum Gasteiger partial charge on any atom is -0.400 e. The minimum absolute atomic E-state index is 0. The van der Waals surface area contributed by atoms with Crippen LogP contribution in [0.15, 0.2) is 158 Å². The number of hydrogen-bond acceptors (Lipinski definition) is 6. The van der Waals surface area contributed by atoms with Gasteiger partial charge in [-0.2, -0.15) is 36.4 Å². The van der Waals surface area contributed by atoms with E-state index in [-0.39, 0.29) is 20.1 Å². The van der Waals surface area contributed by atoms with E-state index in [9.17, 15) is 0 Å². The standard InChI is InChI=1S/2C11H8N.C6H5.C5H5N.3CH4O.Ir/c2*1-2-6-10(7-3-1)11-8-4-5-9-12-11;2*1-2-4-6-5-3-1;3*1-2;/h2*1-6,8-9H;2*1-5H;3*2H,1H3;/q3*-1;;;;;+3. The van der Waals surface area contributed by atoms with Gasteiger partial charge in [-0.3, -0.25) is 4.98 Å². The molecule has 0 aliphatic rings. The van der Waals surface area contributed by atoms with Gasteiger partial charge in [0.2, 0.25) is 0 Å². The Balaban J connectivity index is 0. The van der Waals surface area contributed by atoms with Crippen LogP contribution in [0.5, 0.6) is 0 Å². The summed E-state index contributed by atoms with van der Waals surface area (Å²) >= 11 is 0. The Morgan fingerprint density at radius 1 is 0.419 bits per heavy atom. The van der Waals surface area contributed by atoms with Crippen molar-refractivity contribution in [3.63, 3.8) is 0 Å². The van der Waals surface area contributed by atoms with Crippen LogP contribution in [0.4, 0.5) is 0 Å². The predicted molar refractivity (Wildman–Crippen MR) is 171 cm³/mol. The van der Waals surface area contributed by atoms with E-state index in [4.69, 9.17) is 15.3 Å². The molecule has 3 N–H and O–H groups in total. The Morgan fingerprint density at radius 3 is 1.02 bits per heavy atom. The fraction of sp³-hybridized carbons (Fsp3) is 0.0833. The molecule has 0 radical (unpaired) electrons. The third kappa shape index (κ3) is 21.1. The summed E-state index contributed by atoms with van der Waals surface area (Å²) in [5, 5.41) is 21.0. The van der Waals surface area contributed by atoms with Crippen LogP contribution in [-0.2, 0) is 20.1 Å². The second kappa shape index (κ2) is 32.2. The molecular weight excluding hydrogens is 715 g/mol. The SMILES string of the molecule is CO.CO.CO.[Ir+3].[c-]1ccccc1.[c-]1ccccc1-c1ccccn1.[c-]1ccccc1-c1ccccn1.c1ccncc1. The second-order valence-electron chi connectivity index (χ2n) is 7.08. The molecule has 0 unspecified atom stereocenters. The molecule has 0 bridgehead atoms. The number of aromatic nitrogens is 3. The number of pyridine rings is 3. The average molecular weight is 753 g/mol. The molecule has 0 spiro atoms. The molecule has 0 aliphatic heterocycles. The molecular formula is C36H38IrN3O3. The van der Waals surface area contributed by atoms with E-state index in [2.05, 4.69) is 33.2 Å². The van der Waals surface area contributed by atoms with Gasteiger partial charge in [0.05, 0.1) is 0 Å². The maximum absolute atomic E-state index is 7.00. The fourth-order valence-corrected chi connectivity index (χ4v) is 2.80. The molecule has 3 aromatic carbocycles. The van der Waals surface area contributed by atoms with Crippen LogP contribution in [0.25, 0.3) is 22.5 Å². The maximum Gasteiger partial charge on any atom is 3.00 e. The smallest absolute Gasteiger partial charge is 0.400 e.